The fraction of sp³-hybridized carbons (Fsp3) is 0.571. The van der Waals surface area contributed by atoms with Gasteiger partial charge in [0, 0.05) is 0 Å². The largest absolute Gasteiger partial charge is 0.394 e. The average Bonchev–Trinajstić information content (AvgIpc) is 2.41. The molecular formula is C14H17ClF3NO. The van der Waals surface area contributed by atoms with Crippen molar-refractivity contribution < 1.29 is 18.3 Å². The SMILES string of the molecule is OCC1(Nc2ccccc2Cl)CCCC(C(F)(F)F)C1. The van der Waals surface area contributed by atoms with Crippen LogP contribution in [0.4, 0.5) is 18.9 Å². The minimum Gasteiger partial charge on any atom is -0.394 e. The summed E-state index contributed by atoms with van der Waals surface area (Å²) in [4.78, 5) is 0. The van der Waals surface area contributed by atoms with Crippen molar-refractivity contribution in [3.8, 4) is 0 Å². The standard InChI is InChI=1S/C14H17ClF3NO/c15-11-5-1-2-6-12(11)19-13(9-20)7-3-4-10(8-13)14(16,17)18/h1-2,5-6,10,19-20H,3-4,7-9H2. The van der Waals surface area contributed by atoms with Crippen molar-refractivity contribution >= 4 is 17.3 Å². The molecule has 0 aromatic heterocycles. The zero-order valence-electron chi connectivity index (χ0n) is 10.9. The second-order valence-corrected chi connectivity index (χ2v) is 5.79. The van der Waals surface area contributed by atoms with Gasteiger partial charge in [0.25, 0.3) is 0 Å². The number of alkyl halides is 3. The van der Waals surface area contributed by atoms with Crippen molar-refractivity contribution in [3.05, 3.63) is 29.3 Å². The molecule has 0 radical (unpaired) electrons. The van der Waals surface area contributed by atoms with E-state index < -0.39 is 17.6 Å². The third-order valence-electron chi connectivity index (χ3n) is 3.88. The molecule has 20 heavy (non-hydrogen) atoms. The van der Waals surface area contributed by atoms with Crippen LogP contribution < -0.4 is 5.32 Å². The fourth-order valence-electron chi connectivity index (χ4n) is 2.79. The van der Waals surface area contributed by atoms with E-state index in [1.54, 1.807) is 24.3 Å². The van der Waals surface area contributed by atoms with Crippen molar-refractivity contribution in [1.82, 2.24) is 0 Å². The maximum Gasteiger partial charge on any atom is 0.391 e. The highest BCUT2D eigenvalue weighted by Gasteiger charge is 2.47. The Hall–Kier alpha value is -0.940. The summed E-state index contributed by atoms with van der Waals surface area (Å²) >= 11 is 6.02. The van der Waals surface area contributed by atoms with Crippen LogP contribution in [0.3, 0.4) is 0 Å². The van der Waals surface area contributed by atoms with E-state index in [4.69, 9.17) is 11.6 Å². The molecule has 0 spiro atoms. The monoisotopic (exact) mass is 307 g/mol. The number of aliphatic hydroxyl groups is 1. The van der Waals surface area contributed by atoms with E-state index in [2.05, 4.69) is 5.32 Å². The molecule has 0 heterocycles. The summed E-state index contributed by atoms with van der Waals surface area (Å²) in [7, 11) is 0. The minimum absolute atomic E-state index is 0.120. The summed E-state index contributed by atoms with van der Waals surface area (Å²) in [5.74, 6) is -1.38. The van der Waals surface area contributed by atoms with Gasteiger partial charge in [-0.15, -0.1) is 0 Å². The molecule has 2 rings (SSSR count). The van der Waals surface area contributed by atoms with E-state index in [0.29, 0.717) is 23.6 Å². The number of para-hydroxylation sites is 1. The molecule has 1 aromatic rings. The number of aliphatic hydroxyl groups excluding tert-OH is 1. The Balaban J connectivity index is 2.19. The van der Waals surface area contributed by atoms with E-state index in [9.17, 15) is 18.3 Å². The Morgan fingerprint density at radius 3 is 2.65 bits per heavy atom. The lowest BCUT2D eigenvalue weighted by molar-refractivity contribution is -0.187. The van der Waals surface area contributed by atoms with Crippen molar-refractivity contribution in [2.24, 2.45) is 5.92 Å². The molecule has 2 atom stereocenters. The van der Waals surface area contributed by atoms with Crippen molar-refractivity contribution in [1.29, 1.82) is 0 Å². The van der Waals surface area contributed by atoms with Crippen LogP contribution in [0, 0.1) is 5.92 Å². The van der Waals surface area contributed by atoms with E-state index >= 15 is 0 Å². The van der Waals surface area contributed by atoms with Gasteiger partial charge in [-0.25, -0.2) is 0 Å². The number of rotatable bonds is 3. The summed E-state index contributed by atoms with van der Waals surface area (Å²) in [6, 6.07) is 6.87. The molecule has 2 unspecified atom stereocenters. The highest BCUT2D eigenvalue weighted by Crippen LogP contribution is 2.43. The average molecular weight is 308 g/mol. The predicted molar refractivity (Wildman–Crippen MR) is 72.9 cm³/mol. The maximum atomic E-state index is 12.9. The van der Waals surface area contributed by atoms with E-state index in [0.717, 1.165) is 0 Å². The number of hydrogen-bond acceptors (Lipinski definition) is 2. The first kappa shape index (κ1) is 15.4. The van der Waals surface area contributed by atoms with Crippen LogP contribution in [0.2, 0.25) is 5.02 Å². The molecule has 6 heteroatoms. The Morgan fingerprint density at radius 1 is 1.35 bits per heavy atom. The van der Waals surface area contributed by atoms with Crippen molar-refractivity contribution in [2.75, 3.05) is 11.9 Å². The van der Waals surface area contributed by atoms with Gasteiger partial charge in [0.15, 0.2) is 0 Å². The van der Waals surface area contributed by atoms with E-state index in [1.165, 1.54) is 0 Å². The first-order chi connectivity index (χ1) is 9.36. The van der Waals surface area contributed by atoms with Crippen LogP contribution in [0.15, 0.2) is 24.3 Å². The maximum absolute atomic E-state index is 12.9. The molecule has 1 fully saturated rings. The second-order valence-electron chi connectivity index (χ2n) is 5.38. The van der Waals surface area contributed by atoms with Gasteiger partial charge >= 0.3 is 6.18 Å². The molecule has 1 aliphatic carbocycles. The molecule has 1 aliphatic rings. The number of anilines is 1. The lowest BCUT2D eigenvalue weighted by atomic mass is 9.75. The smallest absolute Gasteiger partial charge is 0.391 e. The zero-order chi connectivity index (χ0) is 14.8. The van der Waals surface area contributed by atoms with Gasteiger partial charge in [-0.2, -0.15) is 13.2 Å². The highest BCUT2D eigenvalue weighted by molar-refractivity contribution is 6.33. The Kier molecular flexibility index (Phi) is 4.49. The van der Waals surface area contributed by atoms with Gasteiger partial charge in [0.2, 0.25) is 0 Å². The Labute approximate surface area is 120 Å². The first-order valence-electron chi connectivity index (χ1n) is 6.57. The topological polar surface area (TPSA) is 32.3 Å². The molecule has 112 valence electrons. The van der Waals surface area contributed by atoms with Gasteiger partial charge in [0.1, 0.15) is 0 Å². The lowest BCUT2D eigenvalue weighted by Gasteiger charge is -2.41. The van der Waals surface area contributed by atoms with Crippen LogP contribution in [0.5, 0.6) is 0 Å². The first-order valence-corrected chi connectivity index (χ1v) is 6.94. The molecule has 0 aliphatic heterocycles. The summed E-state index contributed by atoms with van der Waals surface area (Å²) in [6.07, 6.45) is -3.29. The quantitative estimate of drug-likeness (QED) is 0.875. The van der Waals surface area contributed by atoms with E-state index in [-0.39, 0.29) is 19.4 Å². The molecule has 2 nitrogen and oxygen atoms in total. The van der Waals surface area contributed by atoms with Crippen LogP contribution in [-0.4, -0.2) is 23.4 Å². The lowest BCUT2D eigenvalue weighted by Crippen LogP contribution is -2.48. The number of nitrogens with one attached hydrogen (secondary N) is 1. The van der Waals surface area contributed by atoms with Crippen molar-refractivity contribution in [2.45, 2.75) is 37.4 Å². The molecule has 0 amide bonds. The molecule has 2 N–H and O–H groups in total. The predicted octanol–water partition coefficient (Wildman–Crippen LogP) is 4.24. The van der Waals surface area contributed by atoms with Gasteiger partial charge in [-0.1, -0.05) is 30.2 Å². The summed E-state index contributed by atoms with van der Waals surface area (Å²) < 4.78 is 38.7. The summed E-state index contributed by atoms with van der Waals surface area (Å²) in [6.45, 7) is -0.342. The Bertz CT molecular complexity index is 466. The van der Waals surface area contributed by atoms with Gasteiger partial charge in [-0.05, 0) is 31.4 Å². The number of halogens is 4. The van der Waals surface area contributed by atoms with E-state index in [1.807, 2.05) is 0 Å². The van der Waals surface area contributed by atoms with Crippen LogP contribution in [0.25, 0.3) is 0 Å². The molecule has 0 bridgehead atoms. The van der Waals surface area contributed by atoms with Gasteiger partial charge in [-0.3, -0.25) is 0 Å². The number of hydrogen-bond donors (Lipinski definition) is 2. The fourth-order valence-corrected chi connectivity index (χ4v) is 2.97. The normalized spacial score (nSPS) is 27.4. The summed E-state index contributed by atoms with van der Waals surface area (Å²) in [5.41, 5.74) is -0.394. The highest BCUT2D eigenvalue weighted by atomic mass is 35.5. The Morgan fingerprint density at radius 2 is 2.05 bits per heavy atom. The zero-order valence-corrected chi connectivity index (χ0v) is 11.6. The van der Waals surface area contributed by atoms with Crippen LogP contribution >= 0.6 is 11.6 Å². The summed E-state index contributed by atoms with van der Waals surface area (Å²) in [5, 5.41) is 13.1. The molecule has 0 saturated heterocycles. The molecule has 1 aromatic carbocycles. The third-order valence-corrected chi connectivity index (χ3v) is 4.21. The van der Waals surface area contributed by atoms with Crippen LogP contribution in [-0.2, 0) is 0 Å². The second kappa shape index (κ2) is 5.82. The molecule has 1 saturated carbocycles. The molecular weight excluding hydrogens is 291 g/mol. The van der Waals surface area contributed by atoms with Gasteiger partial charge < -0.3 is 10.4 Å². The minimum atomic E-state index is -4.22. The van der Waals surface area contributed by atoms with Crippen LogP contribution in [0.1, 0.15) is 25.7 Å². The number of benzene rings is 1. The third kappa shape index (κ3) is 3.38. The van der Waals surface area contributed by atoms with Crippen molar-refractivity contribution in [3.63, 3.8) is 0 Å². The van der Waals surface area contributed by atoms with Gasteiger partial charge in [0.05, 0.1) is 28.8 Å².